The number of nitrogens with one attached hydrogen (secondary N) is 3. The van der Waals surface area contributed by atoms with Crippen molar-refractivity contribution in [3.63, 3.8) is 0 Å². The number of rotatable bonds is 7. The van der Waals surface area contributed by atoms with E-state index in [-0.39, 0.29) is 6.03 Å². The van der Waals surface area contributed by atoms with Crippen molar-refractivity contribution in [3.8, 4) is 16.9 Å². The Morgan fingerprint density at radius 1 is 1.17 bits per heavy atom. The molecule has 0 radical (unpaired) electrons. The number of morpholine rings is 1. The first-order valence-electron chi connectivity index (χ1n) is 11.8. The van der Waals surface area contributed by atoms with Crippen molar-refractivity contribution >= 4 is 50.6 Å². The fourth-order valence-electron chi connectivity index (χ4n) is 4.09. The van der Waals surface area contributed by atoms with Crippen molar-refractivity contribution in [2.24, 2.45) is 0 Å². The maximum Gasteiger partial charge on any atom is 0.319 e. The molecule has 2 aromatic heterocycles. The van der Waals surface area contributed by atoms with E-state index in [0.29, 0.717) is 23.9 Å². The molecule has 0 saturated carbocycles. The van der Waals surface area contributed by atoms with Crippen LogP contribution in [0.4, 0.5) is 27.8 Å². The van der Waals surface area contributed by atoms with Gasteiger partial charge in [0.05, 0.1) is 42.4 Å². The molecule has 5 rings (SSSR count). The highest BCUT2D eigenvalue weighted by atomic mass is 32.1. The summed E-state index contributed by atoms with van der Waals surface area (Å²) < 4.78 is 12.0. The third-order valence-corrected chi connectivity index (χ3v) is 6.82. The predicted octanol–water partition coefficient (Wildman–Crippen LogP) is 5.09. The summed E-state index contributed by atoms with van der Waals surface area (Å²) in [4.78, 5) is 23.6. The molecule has 1 saturated heterocycles. The molecule has 2 amide bonds. The van der Waals surface area contributed by atoms with Gasteiger partial charge in [-0.25, -0.2) is 14.8 Å². The molecular formula is C26H28N6O3S. The van der Waals surface area contributed by atoms with Crippen LogP contribution in [0.15, 0.2) is 54.0 Å². The van der Waals surface area contributed by atoms with Crippen LogP contribution in [0.3, 0.4) is 0 Å². The summed E-state index contributed by atoms with van der Waals surface area (Å²) >= 11 is 1.59. The molecule has 2 aromatic carbocycles. The van der Waals surface area contributed by atoms with E-state index in [0.717, 1.165) is 53.3 Å². The molecule has 36 heavy (non-hydrogen) atoms. The molecule has 0 bridgehead atoms. The Balaban J connectivity index is 1.37. The first kappa shape index (κ1) is 23.8. The summed E-state index contributed by atoms with van der Waals surface area (Å²) in [5, 5.41) is 10.9. The number of anilines is 4. The van der Waals surface area contributed by atoms with Gasteiger partial charge in [0.25, 0.3) is 0 Å². The number of methoxy groups -OCH3 is 1. The number of urea groups is 1. The van der Waals surface area contributed by atoms with Crippen LogP contribution in [0, 0.1) is 0 Å². The van der Waals surface area contributed by atoms with Crippen LogP contribution in [0.1, 0.15) is 6.92 Å². The molecule has 4 aromatic rings. The van der Waals surface area contributed by atoms with Crippen molar-refractivity contribution in [3.05, 3.63) is 54.0 Å². The first-order valence-corrected chi connectivity index (χ1v) is 12.7. The molecule has 1 aliphatic heterocycles. The lowest BCUT2D eigenvalue weighted by atomic mass is 10.1. The van der Waals surface area contributed by atoms with E-state index in [1.807, 2.05) is 43.5 Å². The number of thiophene rings is 1. The monoisotopic (exact) mass is 504 g/mol. The van der Waals surface area contributed by atoms with Gasteiger partial charge in [-0.2, -0.15) is 0 Å². The number of amides is 2. The first-order chi connectivity index (χ1) is 17.6. The maximum absolute atomic E-state index is 11.9. The molecule has 3 N–H and O–H groups in total. The van der Waals surface area contributed by atoms with E-state index in [2.05, 4.69) is 43.3 Å². The molecular weight excluding hydrogens is 476 g/mol. The van der Waals surface area contributed by atoms with Gasteiger partial charge in [0.15, 0.2) is 0 Å². The number of hydrogen-bond acceptors (Lipinski definition) is 8. The fourth-order valence-corrected chi connectivity index (χ4v) is 4.96. The molecule has 0 atom stereocenters. The SMILES string of the molecule is CCNC(=O)Nc1ccc(-c2csc3cnc(Nc4ccc(N5CCOCC5)cc4)nc23)cc1OC. The van der Waals surface area contributed by atoms with Crippen molar-refractivity contribution in [1.29, 1.82) is 0 Å². The van der Waals surface area contributed by atoms with E-state index in [4.69, 9.17) is 14.5 Å². The van der Waals surface area contributed by atoms with Crippen LogP contribution < -0.4 is 25.6 Å². The second-order valence-electron chi connectivity index (χ2n) is 8.23. The quantitative estimate of drug-likeness (QED) is 0.322. The van der Waals surface area contributed by atoms with E-state index < -0.39 is 0 Å². The second-order valence-corrected chi connectivity index (χ2v) is 9.14. The van der Waals surface area contributed by atoms with Crippen molar-refractivity contribution < 1.29 is 14.3 Å². The molecule has 10 heteroatoms. The van der Waals surface area contributed by atoms with Gasteiger partial charge < -0.3 is 30.3 Å². The zero-order valence-corrected chi connectivity index (χ0v) is 21.0. The highest BCUT2D eigenvalue weighted by molar-refractivity contribution is 7.17. The van der Waals surface area contributed by atoms with Crippen LogP contribution in [0.25, 0.3) is 21.3 Å². The third-order valence-electron chi connectivity index (χ3n) is 5.91. The summed E-state index contributed by atoms with van der Waals surface area (Å²) in [6.45, 7) is 5.74. The Labute approximate surface area is 213 Å². The van der Waals surface area contributed by atoms with Crippen LogP contribution in [-0.4, -0.2) is 56.0 Å². The van der Waals surface area contributed by atoms with Gasteiger partial charge in [0.1, 0.15) is 5.75 Å². The minimum atomic E-state index is -0.272. The second kappa shape index (κ2) is 10.8. The third kappa shape index (κ3) is 5.19. The summed E-state index contributed by atoms with van der Waals surface area (Å²) in [7, 11) is 1.59. The van der Waals surface area contributed by atoms with Crippen LogP contribution in [0.2, 0.25) is 0 Å². The molecule has 9 nitrogen and oxygen atoms in total. The Kier molecular flexibility index (Phi) is 7.15. The number of carbonyl (C=O) groups excluding carboxylic acids is 1. The molecule has 0 spiro atoms. The average Bonchev–Trinajstić information content (AvgIpc) is 3.33. The lowest BCUT2D eigenvalue weighted by Crippen LogP contribution is -2.36. The number of carbonyl (C=O) groups is 1. The highest BCUT2D eigenvalue weighted by Gasteiger charge is 2.14. The van der Waals surface area contributed by atoms with Crippen molar-refractivity contribution in [1.82, 2.24) is 15.3 Å². The minimum Gasteiger partial charge on any atom is -0.495 e. The van der Waals surface area contributed by atoms with E-state index in [9.17, 15) is 4.79 Å². The van der Waals surface area contributed by atoms with Crippen LogP contribution in [-0.2, 0) is 4.74 Å². The smallest absolute Gasteiger partial charge is 0.319 e. The molecule has 3 heterocycles. The maximum atomic E-state index is 11.9. The van der Waals surface area contributed by atoms with Gasteiger partial charge in [0.2, 0.25) is 5.95 Å². The number of aromatic nitrogens is 2. The zero-order valence-electron chi connectivity index (χ0n) is 20.2. The van der Waals surface area contributed by atoms with Crippen LogP contribution >= 0.6 is 11.3 Å². The zero-order chi connectivity index (χ0) is 24.9. The van der Waals surface area contributed by atoms with Gasteiger partial charge >= 0.3 is 6.03 Å². The van der Waals surface area contributed by atoms with Gasteiger partial charge in [-0.1, -0.05) is 6.07 Å². The van der Waals surface area contributed by atoms with Gasteiger partial charge in [-0.3, -0.25) is 0 Å². The van der Waals surface area contributed by atoms with Gasteiger partial charge in [-0.05, 0) is 48.9 Å². The number of fused-ring (bicyclic) bond motifs is 1. The molecule has 1 aliphatic rings. The molecule has 0 unspecified atom stereocenters. The minimum absolute atomic E-state index is 0.272. The molecule has 1 fully saturated rings. The number of hydrogen-bond donors (Lipinski definition) is 3. The highest BCUT2D eigenvalue weighted by Crippen LogP contribution is 2.37. The summed E-state index contributed by atoms with van der Waals surface area (Å²) in [5.74, 6) is 1.11. The fraction of sp³-hybridized carbons (Fsp3) is 0.269. The summed E-state index contributed by atoms with van der Waals surface area (Å²) in [6, 6.07) is 13.7. The van der Waals surface area contributed by atoms with E-state index in [1.165, 1.54) is 5.69 Å². The van der Waals surface area contributed by atoms with E-state index in [1.54, 1.807) is 18.4 Å². The topological polar surface area (TPSA) is 101 Å². The standard InChI is InChI=1S/C26H28N6O3S/c1-3-27-26(33)30-21-9-4-17(14-22(21)34-2)20-16-36-23-15-28-25(31-24(20)23)29-18-5-7-19(8-6-18)32-10-12-35-13-11-32/h4-9,14-16H,3,10-13H2,1-2H3,(H2,27,30,33)(H,28,29,31). The largest absolute Gasteiger partial charge is 0.495 e. The average molecular weight is 505 g/mol. The number of nitrogens with zero attached hydrogens (tertiary/aromatic N) is 3. The predicted molar refractivity (Wildman–Crippen MR) is 145 cm³/mol. The normalized spacial score (nSPS) is 13.4. The lowest BCUT2D eigenvalue weighted by molar-refractivity contribution is 0.122. The lowest BCUT2D eigenvalue weighted by Gasteiger charge is -2.28. The Bertz CT molecular complexity index is 1350. The van der Waals surface area contributed by atoms with Crippen molar-refractivity contribution in [2.45, 2.75) is 6.92 Å². The number of benzene rings is 2. The Hall–Kier alpha value is -3.89. The summed E-state index contributed by atoms with van der Waals surface area (Å²) in [5.41, 5.74) is 5.48. The van der Waals surface area contributed by atoms with Gasteiger partial charge in [-0.15, -0.1) is 11.3 Å². The summed E-state index contributed by atoms with van der Waals surface area (Å²) in [6.07, 6.45) is 1.84. The Morgan fingerprint density at radius 2 is 1.97 bits per heavy atom. The van der Waals surface area contributed by atoms with Crippen LogP contribution in [0.5, 0.6) is 5.75 Å². The van der Waals surface area contributed by atoms with Gasteiger partial charge in [0, 0.05) is 42.0 Å². The number of ether oxygens (including phenoxy) is 2. The molecule has 0 aliphatic carbocycles. The molecule has 186 valence electrons. The Morgan fingerprint density at radius 3 is 2.72 bits per heavy atom. The van der Waals surface area contributed by atoms with Crippen molar-refractivity contribution in [2.75, 3.05) is 55.5 Å². The van der Waals surface area contributed by atoms with E-state index >= 15 is 0 Å².